The van der Waals surface area contributed by atoms with E-state index in [1.165, 1.54) is 0 Å². The number of rotatable bonds is 1. The molecule has 2 N–H and O–H groups in total. The van der Waals surface area contributed by atoms with E-state index < -0.39 is 0 Å². The van der Waals surface area contributed by atoms with Crippen LogP contribution in [0.4, 0.5) is 5.69 Å². The molecule has 1 fully saturated rings. The third-order valence-corrected chi connectivity index (χ3v) is 4.55. The second-order valence-electron chi connectivity index (χ2n) is 4.70. The van der Waals surface area contributed by atoms with E-state index in [1.807, 2.05) is 6.92 Å². The van der Waals surface area contributed by atoms with Crippen LogP contribution in [0.15, 0.2) is 4.52 Å². The fraction of sp³-hybridized carbons (Fsp3) is 0.583. The summed E-state index contributed by atoms with van der Waals surface area (Å²) in [6, 6.07) is 0. The molecule has 17 heavy (non-hydrogen) atoms. The van der Waals surface area contributed by atoms with E-state index in [0.29, 0.717) is 12.0 Å². The van der Waals surface area contributed by atoms with Crippen molar-refractivity contribution >= 4 is 27.3 Å². The quantitative estimate of drug-likeness (QED) is 0.847. The van der Waals surface area contributed by atoms with Crippen LogP contribution in [0.25, 0.3) is 10.3 Å². The molecule has 5 heteroatoms. The van der Waals surface area contributed by atoms with Gasteiger partial charge in [-0.25, -0.2) is 0 Å². The second kappa shape index (κ2) is 3.99. The first-order valence-corrected chi connectivity index (χ1v) is 6.74. The van der Waals surface area contributed by atoms with Gasteiger partial charge in [-0.2, -0.15) is 0 Å². The minimum absolute atomic E-state index is 0.305. The average molecular weight is 252 g/mol. The van der Waals surface area contributed by atoms with Crippen LogP contribution >= 0.6 is 11.3 Å². The van der Waals surface area contributed by atoms with Gasteiger partial charge in [0.05, 0.1) is 11.8 Å². The fourth-order valence-corrected chi connectivity index (χ4v) is 3.50. The van der Waals surface area contributed by atoms with Crippen LogP contribution in [-0.2, 0) is 4.74 Å². The Morgan fingerprint density at radius 2 is 2.29 bits per heavy atom. The summed E-state index contributed by atoms with van der Waals surface area (Å²) in [7, 11) is 0. The van der Waals surface area contributed by atoms with Crippen LogP contribution in [0.1, 0.15) is 36.3 Å². The molecule has 2 aromatic heterocycles. The molecule has 92 valence electrons. The lowest BCUT2D eigenvalue weighted by atomic mass is 9.93. The molecular formula is C12H16N2O2S. The van der Waals surface area contributed by atoms with Crippen molar-refractivity contribution in [1.29, 1.82) is 0 Å². The third kappa shape index (κ3) is 1.73. The Morgan fingerprint density at radius 3 is 3.06 bits per heavy atom. The van der Waals surface area contributed by atoms with Crippen LogP contribution < -0.4 is 5.73 Å². The van der Waals surface area contributed by atoms with Crippen molar-refractivity contribution in [1.82, 2.24) is 5.16 Å². The van der Waals surface area contributed by atoms with E-state index in [4.69, 9.17) is 15.0 Å². The monoisotopic (exact) mass is 252 g/mol. The molecule has 3 heterocycles. The summed E-state index contributed by atoms with van der Waals surface area (Å²) in [5, 5.41) is 4.22. The number of ether oxygens (including phenoxy) is 1. The number of hydrogen-bond acceptors (Lipinski definition) is 5. The summed E-state index contributed by atoms with van der Waals surface area (Å²) in [5.41, 5.74) is 8.53. The Hall–Kier alpha value is -1.07. The van der Waals surface area contributed by atoms with Crippen molar-refractivity contribution < 1.29 is 9.26 Å². The number of aromatic nitrogens is 1. The normalized spacial score (nSPS) is 25.5. The number of nitrogens with two attached hydrogens (primary N) is 1. The second-order valence-corrected chi connectivity index (χ2v) is 5.93. The molecule has 0 spiro atoms. The average Bonchev–Trinajstić information content (AvgIpc) is 2.82. The van der Waals surface area contributed by atoms with Crippen LogP contribution in [-0.4, -0.2) is 17.9 Å². The van der Waals surface area contributed by atoms with E-state index in [2.05, 4.69) is 12.1 Å². The Labute approximate surface area is 104 Å². The zero-order valence-electron chi connectivity index (χ0n) is 10.0. The van der Waals surface area contributed by atoms with E-state index >= 15 is 0 Å². The number of hydrogen-bond donors (Lipinski definition) is 1. The highest BCUT2D eigenvalue weighted by Gasteiger charge is 2.27. The first-order valence-electron chi connectivity index (χ1n) is 5.92. The zero-order chi connectivity index (χ0) is 12.0. The number of nitrogen functional groups attached to an aromatic ring is 1. The molecule has 1 saturated heterocycles. The molecule has 1 aliphatic heterocycles. The molecule has 3 rings (SSSR count). The molecule has 2 unspecified atom stereocenters. The Bertz CT molecular complexity index is 546. The molecule has 0 aliphatic carbocycles. The van der Waals surface area contributed by atoms with Gasteiger partial charge in [-0.3, -0.25) is 0 Å². The largest absolute Gasteiger partial charge is 0.395 e. The van der Waals surface area contributed by atoms with Gasteiger partial charge in [0, 0.05) is 17.4 Å². The van der Waals surface area contributed by atoms with Crippen molar-refractivity contribution in [3.63, 3.8) is 0 Å². The maximum absolute atomic E-state index is 5.96. The molecule has 0 amide bonds. The molecule has 2 aromatic rings. The standard InChI is InChI=1S/C12H16N2O2S/c1-6-5-8(3-4-15-6)10-12-11(16-14-10)9(13)7(2)17-12/h6,8H,3-5,13H2,1-2H3. The van der Waals surface area contributed by atoms with E-state index in [9.17, 15) is 0 Å². The fourth-order valence-electron chi connectivity index (χ4n) is 2.44. The van der Waals surface area contributed by atoms with Crippen LogP contribution in [0.3, 0.4) is 0 Å². The summed E-state index contributed by atoms with van der Waals surface area (Å²) in [6.45, 7) is 4.93. The molecular weight excluding hydrogens is 236 g/mol. The summed E-state index contributed by atoms with van der Waals surface area (Å²) in [6.07, 6.45) is 2.33. The van der Waals surface area contributed by atoms with E-state index in [0.717, 1.165) is 46.0 Å². The van der Waals surface area contributed by atoms with Crippen molar-refractivity contribution in [2.24, 2.45) is 0 Å². The van der Waals surface area contributed by atoms with Gasteiger partial charge in [0.25, 0.3) is 0 Å². The maximum atomic E-state index is 5.96. The molecule has 0 bridgehead atoms. The maximum Gasteiger partial charge on any atom is 0.201 e. The number of anilines is 1. The molecule has 0 aromatic carbocycles. The van der Waals surface area contributed by atoms with Gasteiger partial charge in [0.2, 0.25) is 5.58 Å². The Morgan fingerprint density at radius 1 is 1.47 bits per heavy atom. The van der Waals surface area contributed by atoms with Crippen LogP contribution in [0.2, 0.25) is 0 Å². The van der Waals surface area contributed by atoms with E-state index in [1.54, 1.807) is 11.3 Å². The summed E-state index contributed by atoms with van der Waals surface area (Å²) in [5.74, 6) is 0.442. The highest BCUT2D eigenvalue weighted by Crippen LogP contribution is 2.40. The highest BCUT2D eigenvalue weighted by molar-refractivity contribution is 7.19. The van der Waals surface area contributed by atoms with E-state index in [-0.39, 0.29) is 0 Å². The minimum atomic E-state index is 0.305. The third-order valence-electron chi connectivity index (χ3n) is 3.43. The molecule has 0 saturated carbocycles. The molecule has 1 aliphatic rings. The predicted octanol–water partition coefficient (Wildman–Crippen LogP) is 3.06. The smallest absolute Gasteiger partial charge is 0.201 e. The Balaban J connectivity index is 2.02. The topological polar surface area (TPSA) is 61.3 Å². The summed E-state index contributed by atoms with van der Waals surface area (Å²) < 4.78 is 12.1. The van der Waals surface area contributed by atoms with Gasteiger partial charge < -0.3 is 15.0 Å². The Kier molecular flexibility index (Phi) is 2.60. The van der Waals surface area contributed by atoms with Crippen molar-refractivity contribution in [3.8, 4) is 0 Å². The van der Waals surface area contributed by atoms with Crippen molar-refractivity contribution in [2.75, 3.05) is 12.3 Å². The van der Waals surface area contributed by atoms with Gasteiger partial charge in [-0.1, -0.05) is 5.16 Å². The summed E-state index contributed by atoms with van der Waals surface area (Å²) in [4.78, 5) is 1.11. The molecule has 0 radical (unpaired) electrons. The van der Waals surface area contributed by atoms with Crippen LogP contribution in [0, 0.1) is 6.92 Å². The van der Waals surface area contributed by atoms with Gasteiger partial charge in [0.1, 0.15) is 10.4 Å². The number of nitrogens with zero attached hydrogens (tertiary/aromatic N) is 1. The lowest BCUT2D eigenvalue weighted by Gasteiger charge is -2.25. The van der Waals surface area contributed by atoms with Gasteiger partial charge in [0.15, 0.2) is 0 Å². The van der Waals surface area contributed by atoms with Crippen LogP contribution in [0.5, 0.6) is 0 Å². The van der Waals surface area contributed by atoms with Gasteiger partial charge in [-0.15, -0.1) is 11.3 Å². The number of fused-ring (bicyclic) bond motifs is 1. The van der Waals surface area contributed by atoms with Gasteiger partial charge in [-0.05, 0) is 26.7 Å². The number of aryl methyl sites for hydroxylation is 1. The summed E-state index contributed by atoms with van der Waals surface area (Å²) >= 11 is 1.68. The lowest BCUT2D eigenvalue weighted by molar-refractivity contribution is 0.0178. The minimum Gasteiger partial charge on any atom is -0.395 e. The molecule has 2 atom stereocenters. The van der Waals surface area contributed by atoms with Crippen molar-refractivity contribution in [3.05, 3.63) is 10.6 Å². The SMILES string of the molecule is Cc1sc2c(C3CCOC(C)C3)noc2c1N. The molecule has 4 nitrogen and oxygen atoms in total. The van der Waals surface area contributed by atoms with Gasteiger partial charge >= 0.3 is 0 Å². The number of thiophene rings is 1. The lowest BCUT2D eigenvalue weighted by Crippen LogP contribution is -2.21. The highest BCUT2D eigenvalue weighted by atomic mass is 32.1. The predicted molar refractivity (Wildman–Crippen MR) is 68.4 cm³/mol. The zero-order valence-corrected chi connectivity index (χ0v) is 10.8. The first-order chi connectivity index (χ1) is 8.16. The first kappa shape index (κ1) is 11.0. The van der Waals surface area contributed by atoms with Crippen molar-refractivity contribution in [2.45, 2.75) is 38.7 Å².